The van der Waals surface area contributed by atoms with Gasteiger partial charge in [-0.3, -0.25) is 0 Å². The molecular formula is C14H12ClFN4. The topological polar surface area (TPSA) is 87.9 Å². The van der Waals surface area contributed by atoms with Gasteiger partial charge in [0.15, 0.2) is 5.82 Å². The summed E-state index contributed by atoms with van der Waals surface area (Å²) in [4.78, 5) is 0. The fraction of sp³-hybridized carbons (Fsp3) is 0.0714. The molecule has 0 saturated carbocycles. The molecule has 6 heteroatoms. The lowest BCUT2D eigenvalue weighted by atomic mass is 10.1. The number of benzene rings is 2. The van der Waals surface area contributed by atoms with E-state index in [9.17, 15) is 4.39 Å². The molecule has 0 aromatic heterocycles. The van der Waals surface area contributed by atoms with E-state index < -0.39 is 5.82 Å². The minimum absolute atomic E-state index is 0.0960. The van der Waals surface area contributed by atoms with Crippen LogP contribution in [0.4, 0.5) is 21.5 Å². The molecule has 0 atom stereocenters. The van der Waals surface area contributed by atoms with Crippen molar-refractivity contribution in [1.82, 2.24) is 0 Å². The first-order valence-corrected chi connectivity index (χ1v) is 6.16. The van der Waals surface area contributed by atoms with Gasteiger partial charge >= 0.3 is 0 Å². The van der Waals surface area contributed by atoms with Crippen molar-refractivity contribution >= 4 is 28.7 Å². The average molecular weight is 291 g/mol. The lowest BCUT2D eigenvalue weighted by molar-refractivity contribution is 0.632. The van der Waals surface area contributed by atoms with Crippen LogP contribution in [0.1, 0.15) is 11.1 Å². The third-order valence-corrected chi connectivity index (χ3v) is 3.17. The minimum Gasteiger partial charge on any atom is -0.397 e. The van der Waals surface area contributed by atoms with E-state index in [-0.39, 0.29) is 22.1 Å². The Morgan fingerprint density at radius 3 is 2.70 bits per heavy atom. The van der Waals surface area contributed by atoms with Crippen LogP contribution in [-0.4, -0.2) is 0 Å². The zero-order valence-electron chi connectivity index (χ0n) is 10.5. The highest BCUT2D eigenvalue weighted by Crippen LogP contribution is 2.33. The normalized spacial score (nSPS) is 10.1. The van der Waals surface area contributed by atoms with Crippen molar-refractivity contribution in [2.45, 2.75) is 6.54 Å². The fourth-order valence-corrected chi connectivity index (χ4v) is 1.94. The Kier molecular flexibility index (Phi) is 3.97. The van der Waals surface area contributed by atoms with Crippen molar-refractivity contribution in [2.24, 2.45) is 0 Å². The smallest absolute Gasteiger partial charge is 0.169 e. The van der Waals surface area contributed by atoms with Gasteiger partial charge in [-0.05, 0) is 23.8 Å². The molecule has 0 bridgehead atoms. The number of hydrogen-bond acceptors (Lipinski definition) is 4. The van der Waals surface area contributed by atoms with Crippen LogP contribution in [0.15, 0.2) is 30.3 Å². The van der Waals surface area contributed by atoms with Crippen LogP contribution in [0.25, 0.3) is 0 Å². The third kappa shape index (κ3) is 2.76. The van der Waals surface area contributed by atoms with Crippen molar-refractivity contribution in [3.8, 4) is 6.07 Å². The van der Waals surface area contributed by atoms with Gasteiger partial charge in [0, 0.05) is 6.54 Å². The molecular weight excluding hydrogens is 279 g/mol. The van der Waals surface area contributed by atoms with Gasteiger partial charge in [0.1, 0.15) is 5.02 Å². The van der Waals surface area contributed by atoms with Crippen LogP contribution in [0.2, 0.25) is 5.02 Å². The number of nitrogens with zero attached hydrogens (tertiary/aromatic N) is 1. The molecule has 2 rings (SSSR count). The molecule has 0 aliphatic carbocycles. The number of nitrogens with one attached hydrogen (secondary N) is 1. The Hall–Kier alpha value is -2.45. The van der Waals surface area contributed by atoms with Crippen LogP contribution in [0.3, 0.4) is 0 Å². The molecule has 0 aliphatic heterocycles. The van der Waals surface area contributed by atoms with Crippen molar-refractivity contribution < 1.29 is 4.39 Å². The Bertz CT molecular complexity index is 694. The van der Waals surface area contributed by atoms with E-state index >= 15 is 0 Å². The third-order valence-electron chi connectivity index (χ3n) is 2.79. The lowest BCUT2D eigenvalue weighted by Gasteiger charge is -2.13. The van der Waals surface area contributed by atoms with Gasteiger partial charge in [-0.2, -0.15) is 5.26 Å². The maximum absolute atomic E-state index is 14.0. The molecule has 5 N–H and O–H groups in total. The monoisotopic (exact) mass is 290 g/mol. The van der Waals surface area contributed by atoms with Crippen LogP contribution >= 0.6 is 11.6 Å². The molecule has 0 unspecified atom stereocenters. The Morgan fingerprint density at radius 1 is 1.25 bits per heavy atom. The van der Waals surface area contributed by atoms with Crippen LogP contribution in [0.5, 0.6) is 0 Å². The number of rotatable bonds is 3. The standard InChI is InChI=1S/C14H12ClFN4/c15-12-10(18)5-11(19)14(13(12)16)20-7-9-3-1-2-8(4-9)6-17/h1-5,20H,7,18-19H2. The van der Waals surface area contributed by atoms with Crippen LogP contribution in [-0.2, 0) is 6.54 Å². The second-order valence-corrected chi connectivity index (χ2v) is 4.60. The van der Waals surface area contributed by atoms with E-state index in [1.807, 2.05) is 12.1 Å². The van der Waals surface area contributed by atoms with Gasteiger partial charge in [-0.25, -0.2) is 4.39 Å². The summed E-state index contributed by atoms with van der Waals surface area (Å²) >= 11 is 5.75. The molecule has 4 nitrogen and oxygen atoms in total. The fourth-order valence-electron chi connectivity index (χ4n) is 1.79. The van der Waals surface area contributed by atoms with Gasteiger partial charge in [0.25, 0.3) is 0 Å². The van der Waals surface area contributed by atoms with Gasteiger partial charge in [0.2, 0.25) is 0 Å². The molecule has 0 saturated heterocycles. The summed E-state index contributed by atoms with van der Waals surface area (Å²) in [5, 5.41) is 11.5. The summed E-state index contributed by atoms with van der Waals surface area (Å²) in [6.07, 6.45) is 0. The Balaban J connectivity index is 2.23. The summed E-state index contributed by atoms with van der Waals surface area (Å²) in [5.74, 6) is -0.680. The summed E-state index contributed by atoms with van der Waals surface area (Å²) in [6, 6.07) is 10.4. The molecule has 0 aliphatic rings. The molecule has 2 aromatic carbocycles. The molecule has 0 radical (unpaired) electrons. The molecule has 0 amide bonds. The average Bonchev–Trinajstić information content (AvgIpc) is 2.45. The van der Waals surface area contributed by atoms with Crippen molar-refractivity contribution in [2.75, 3.05) is 16.8 Å². The predicted octanol–water partition coefficient (Wildman–Crippen LogP) is 3.13. The summed E-state index contributed by atoms with van der Waals surface area (Å²) in [6.45, 7) is 0.316. The van der Waals surface area contributed by atoms with E-state index in [2.05, 4.69) is 5.32 Å². The van der Waals surface area contributed by atoms with Crippen molar-refractivity contribution in [3.05, 3.63) is 52.3 Å². The zero-order valence-corrected chi connectivity index (χ0v) is 11.2. The van der Waals surface area contributed by atoms with Crippen LogP contribution < -0.4 is 16.8 Å². The van der Waals surface area contributed by atoms with Gasteiger partial charge in [-0.15, -0.1) is 0 Å². The van der Waals surface area contributed by atoms with Gasteiger partial charge < -0.3 is 16.8 Å². The number of anilines is 3. The largest absolute Gasteiger partial charge is 0.397 e. The quantitative estimate of drug-likeness (QED) is 0.758. The lowest BCUT2D eigenvalue weighted by Crippen LogP contribution is -2.06. The van der Waals surface area contributed by atoms with E-state index in [0.717, 1.165) is 5.56 Å². The molecule has 0 spiro atoms. The number of hydrogen-bond donors (Lipinski definition) is 3. The van der Waals surface area contributed by atoms with Crippen LogP contribution in [0, 0.1) is 17.1 Å². The van der Waals surface area contributed by atoms with Gasteiger partial charge in [0.05, 0.1) is 28.7 Å². The SMILES string of the molecule is N#Cc1cccc(CNc2c(N)cc(N)c(Cl)c2F)c1. The van der Waals surface area contributed by atoms with Crippen molar-refractivity contribution in [3.63, 3.8) is 0 Å². The number of nitrogen functional groups attached to an aromatic ring is 2. The van der Waals surface area contributed by atoms with E-state index in [1.165, 1.54) is 6.07 Å². The van der Waals surface area contributed by atoms with E-state index in [0.29, 0.717) is 12.1 Å². The first kappa shape index (κ1) is 14.0. The summed E-state index contributed by atoms with van der Waals surface area (Å²) in [5.41, 5.74) is 13.0. The maximum Gasteiger partial charge on any atom is 0.169 e. The molecule has 0 fully saturated rings. The molecule has 0 heterocycles. The summed E-state index contributed by atoms with van der Waals surface area (Å²) < 4.78 is 14.0. The summed E-state index contributed by atoms with van der Waals surface area (Å²) in [7, 11) is 0. The molecule has 2 aromatic rings. The van der Waals surface area contributed by atoms with Crippen molar-refractivity contribution in [1.29, 1.82) is 5.26 Å². The highest BCUT2D eigenvalue weighted by atomic mass is 35.5. The minimum atomic E-state index is -0.680. The molecule has 20 heavy (non-hydrogen) atoms. The van der Waals surface area contributed by atoms with E-state index in [4.69, 9.17) is 28.3 Å². The number of halogens is 2. The second kappa shape index (κ2) is 5.68. The first-order valence-electron chi connectivity index (χ1n) is 5.78. The maximum atomic E-state index is 14.0. The highest BCUT2D eigenvalue weighted by Gasteiger charge is 2.13. The Morgan fingerprint density at radius 2 is 2.00 bits per heavy atom. The number of nitrogens with two attached hydrogens (primary N) is 2. The first-order chi connectivity index (χ1) is 9.52. The highest BCUT2D eigenvalue weighted by molar-refractivity contribution is 6.33. The Labute approximate surface area is 120 Å². The predicted molar refractivity (Wildman–Crippen MR) is 78.7 cm³/mol. The second-order valence-electron chi connectivity index (χ2n) is 4.22. The van der Waals surface area contributed by atoms with E-state index in [1.54, 1.807) is 18.2 Å². The number of nitriles is 1. The molecule has 102 valence electrons. The van der Waals surface area contributed by atoms with Gasteiger partial charge in [-0.1, -0.05) is 23.7 Å². The zero-order chi connectivity index (χ0) is 14.7.